The molecule has 22 heavy (non-hydrogen) atoms. The van der Waals surface area contributed by atoms with Crippen molar-refractivity contribution in [2.24, 2.45) is 0 Å². The van der Waals surface area contributed by atoms with Crippen LogP contribution in [-0.2, 0) is 13.1 Å². The first-order valence-electron chi connectivity index (χ1n) is 7.27. The molecular formula is C18H19NO3. The lowest BCUT2D eigenvalue weighted by molar-refractivity contribution is 0.174. The van der Waals surface area contributed by atoms with Crippen LogP contribution < -0.4 is 19.5 Å². The van der Waals surface area contributed by atoms with E-state index in [9.17, 15) is 0 Å². The second-order valence-corrected chi connectivity index (χ2v) is 5.03. The van der Waals surface area contributed by atoms with Crippen LogP contribution in [0.5, 0.6) is 17.2 Å². The lowest BCUT2D eigenvalue weighted by atomic mass is 10.2. The number of rotatable bonds is 7. The van der Waals surface area contributed by atoms with Crippen molar-refractivity contribution in [3.8, 4) is 17.2 Å². The third-order valence-electron chi connectivity index (χ3n) is 3.39. The molecular weight excluding hydrogens is 278 g/mol. The molecule has 1 N–H and O–H groups in total. The second-order valence-electron chi connectivity index (χ2n) is 5.03. The van der Waals surface area contributed by atoms with Gasteiger partial charge in [0.25, 0.3) is 0 Å². The maximum absolute atomic E-state index is 5.46. The molecule has 0 atom stereocenters. The van der Waals surface area contributed by atoms with Crippen LogP contribution >= 0.6 is 0 Å². The van der Waals surface area contributed by atoms with Crippen molar-refractivity contribution in [3.63, 3.8) is 0 Å². The molecule has 0 saturated heterocycles. The first kappa shape index (κ1) is 14.5. The van der Waals surface area contributed by atoms with E-state index in [0.717, 1.165) is 30.3 Å². The molecule has 0 aromatic heterocycles. The highest BCUT2D eigenvalue weighted by Crippen LogP contribution is 2.32. The minimum absolute atomic E-state index is 0.312. The SMILES string of the molecule is C=CCOc1ccc(CNCc2ccc3c(c2)OCO3)cc1. The second kappa shape index (κ2) is 7.00. The van der Waals surface area contributed by atoms with Gasteiger partial charge in [0.15, 0.2) is 11.5 Å². The van der Waals surface area contributed by atoms with Gasteiger partial charge in [-0.15, -0.1) is 0 Å². The quantitative estimate of drug-likeness (QED) is 0.796. The van der Waals surface area contributed by atoms with Crippen LogP contribution in [0.15, 0.2) is 55.1 Å². The van der Waals surface area contributed by atoms with E-state index in [2.05, 4.69) is 24.0 Å². The van der Waals surface area contributed by atoms with Crippen molar-refractivity contribution in [1.82, 2.24) is 5.32 Å². The standard InChI is InChI=1S/C18H19NO3/c1-2-9-20-16-6-3-14(4-7-16)11-19-12-15-5-8-17-18(10-15)22-13-21-17/h2-8,10,19H,1,9,11-13H2. The van der Waals surface area contributed by atoms with Gasteiger partial charge in [0, 0.05) is 13.1 Å². The van der Waals surface area contributed by atoms with Crippen molar-refractivity contribution in [2.45, 2.75) is 13.1 Å². The first-order chi connectivity index (χ1) is 10.8. The van der Waals surface area contributed by atoms with Gasteiger partial charge in [-0.25, -0.2) is 0 Å². The monoisotopic (exact) mass is 297 g/mol. The summed E-state index contributed by atoms with van der Waals surface area (Å²) in [6.45, 7) is 6.06. The highest BCUT2D eigenvalue weighted by Gasteiger charge is 2.12. The third kappa shape index (κ3) is 3.59. The van der Waals surface area contributed by atoms with Gasteiger partial charge >= 0.3 is 0 Å². The number of hydrogen-bond acceptors (Lipinski definition) is 4. The third-order valence-corrected chi connectivity index (χ3v) is 3.39. The zero-order valence-electron chi connectivity index (χ0n) is 12.4. The average molecular weight is 297 g/mol. The topological polar surface area (TPSA) is 39.7 Å². The van der Waals surface area contributed by atoms with Crippen LogP contribution in [0.2, 0.25) is 0 Å². The van der Waals surface area contributed by atoms with Gasteiger partial charge in [-0.05, 0) is 35.4 Å². The first-order valence-corrected chi connectivity index (χ1v) is 7.27. The highest BCUT2D eigenvalue weighted by molar-refractivity contribution is 5.44. The summed E-state index contributed by atoms with van der Waals surface area (Å²) >= 11 is 0. The minimum Gasteiger partial charge on any atom is -0.490 e. The van der Waals surface area contributed by atoms with Crippen molar-refractivity contribution >= 4 is 0 Å². The predicted molar refractivity (Wildman–Crippen MR) is 85.2 cm³/mol. The molecule has 0 amide bonds. The van der Waals surface area contributed by atoms with Gasteiger partial charge in [-0.2, -0.15) is 0 Å². The maximum atomic E-state index is 5.46. The smallest absolute Gasteiger partial charge is 0.231 e. The molecule has 4 nitrogen and oxygen atoms in total. The fraction of sp³-hybridized carbons (Fsp3) is 0.222. The summed E-state index contributed by atoms with van der Waals surface area (Å²) in [5.74, 6) is 2.50. The molecule has 1 aliphatic heterocycles. The number of fused-ring (bicyclic) bond motifs is 1. The van der Waals surface area contributed by atoms with Gasteiger partial charge in [-0.3, -0.25) is 0 Å². The lowest BCUT2D eigenvalue weighted by Gasteiger charge is -2.07. The van der Waals surface area contributed by atoms with Crippen molar-refractivity contribution in [2.75, 3.05) is 13.4 Å². The van der Waals surface area contributed by atoms with Gasteiger partial charge in [0.2, 0.25) is 6.79 Å². The molecule has 2 aromatic rings. The van der Waals surface area contributed by atoms with Gasteiger partial charge in [-0.1, -0.05) is 30.9 Å². The fourth-order valence-electron chi connectivity index (χ4n) is 2.26. The Morgan fingerprint density at radius 2 is 1.73 bits per heavy atom. The molecule has 0 bridgehead atoms. The van der Waals surface area contributed by atoms with Gasteiger partial charge < -0.3 is 19.5 Å². The van der Waals surface area contributed by atoms with Crippen LogP contribution in [0.25, 0.3) is 0 Å². The molecule has 0 spiro atoms. The largest absolute Gasteiger partial charge is 0.490 e. The molecule has 0 fully saturated rings. The Bertz CT molecular complexity index is 637. The van der Waals surface area contributed by atoms with Crippen LogP contribution in [0.3, 0.4) is 0 Å². The normalized spacial score (nSPS) is 12.2. The molecule has 0 unspecified atom stereocenters. The van der Waals surface area contributed by atoms with E-state index in [-0.39, 0.29) is 0 Å². The molecule has 1 aliphatic rings. The highest BCUT2D eigenvalue weighted by atomic mass is 16.7. The van der Waals surface area contributed by atoms with E-state index in [1.807, 2.05) is 30.3 Å². The fourth-order valence-corrected chi connectivity index (χ4v) is 2.26. The van der Waals surface area contributed by atoms with E-state index in [1.165, 1.54) is 11.1 Å². The van der Waals surface area contributed by atoms with E-state index >= 15 is 0 Å². The number of ether oxygens (including phenoxy) is 3. The molecule has 0 radical (unpaired) electrons. The minimum atomic E-state index is 0.312. The molecule has 0 aliphatic carbocycles. The van der Waals surface area contributed by atoms with Crippen LogP contribution in [0, 0.1) is 0 Å². The van der Waals surface area contributed by atoms with Gasteiger partial charge in [0.1, 0.15) is 12.4 Å². The summed E-state index contributed by atoms with van der Waals surface area (Å²) in [7, 11) is 0. The Morgan fingerprint density at radius 3 is 2.55 bits per heavy atom. The lowest BCUT2D eigenvalue weighted by Crippen LogP contribution is -2.12. The van der Waals surface area contributed by atoms with E-state index in [4.69, 9.17) is 14.2 Å². The van der Waals surface area contributed by atoms with Crippen LogP contribution in [-0.4, -0.2) is 13.4 Å². The molecule has 4 heteroatoms. The maximum Gasteiger partial charge on any atom is 0.231 e. The summed E-state index contributed by atoms with van der Waals surface area (Å²) in [6, 6.07) is 14.1. The Kier molecular flexibility index (Phi) is 4.61. The molecule has 1 heterocycles. The van der Waals surface area contributed by atoms with Crippen molar-refractivity contribution in [1.29, 1.82) is 0 Å². The predicted octanol–water partition coefficient (Wildman–Crippen LogP) is 3.27. The summed E-state index contributed by atoms with van der Waals surface area (Å²) in [5.41, 5.74) is 2.39. The number of hydrogen-bond donors (Lipinski definition) is 1. The Morgan fingerprint density at radius 1 is 1.00 bits per heavy atom. The van der Waals surface area contributed by atoms with Crippen molar-refractivity contribution < 1.29 is 14.2 Å². The number of nitrogens with one attached hydrogen (secondary N) is 1. The number of benzene rings is 2. The molecule has 2 aromatic carbocycles. The molecule has 0 saturated carbocycles. The summed E-state index contributed by atoms with van der Waals surface area (Å²) in [6.07, 6.45) is 1.74. The molecule has 3 rings (SSSR count). The van der Waals surface area contributed by atoms with Gasteiger partial charge in [0.05, 0.1) is 0 Å². The van der Waals surface area contributed by atoms with E-state index < -0.39 is 0 Å². The zero-order chi connectivity index (χ0) is 15.2. The summed E-state index contributed by atoms with van der Waals surface area (Å²) < 4.78 is 16.1. The zero-order valence-corrected chi connectivity index (χ0v) is 12.4. The molecule has 114 valence electrons. The Hall–Kier alpha value is -2.46. The Labute approximate surface area is 130 Å². The van der Waals surface area contributed by atoms with E-state index in [0.29, 0.717) is 13.4 Å². The average Bonchev–Trinajstić information content (AvgIpc) is 3.02. The summed E-state index contributed by atoms with van der Waals surface area (Å²) in [5, 5.41) is 3.42. The summed E-state index contributed by atoms with van der Waals surface area (Å²) in [4.78, 5) is 0. The Balaban J connectivity index is 1.49. The van der Waals surface area contributed by atoms with E-state index in [1.54, 1.807) is 6.08 Å². The van der Waals surface area contributed by atoms with Crippen molar-refractivity contribution in [3.05, 3.63) is 66.2 Å². The van der Waals surface area contributed by atoms with Crippen LogP contribution in [0.4, 0.5) is 0 Å². The van der Waals surface area contributed by atoms with Crippen LogP contribution in [0.1, 0.15) is 11.1 Å².